The van der Waals surface area contributed by atoms with Gasteiger partial charge in [-0.05, 0) is 38.0 Å². The van der Waals surface area contributed by atoms with Crippen LogP contribution in [0.2, 0.25) is 0 Å². The van der Waals surface area contributed by atoms with E-state index >= 15 is 0 Å². The van der Waals surface area contributed by atoms with E-state index in [4.69, 9.17) is 27.4 Å². The molecule has 0 saturated heterocycles. The quantitative estimate of drug-likeness (QED) is 0.0999. The number of carbonyl (C=O) groups excluding carboxylic acids is 3. The third-order valence-corrected chi connectivity index (χ3v) is 5.54. The summed E-state index contributed by atoms with van der Waals surface area (Å²) in [5.74, 6) is -1.13. The second-order valence-electron chi connectivity index (χ2n) is 8.95. The predicted octanol–water partition coefficient (Wildman–Crippen LogP) is 4.94. The molecule has 0 radical (unpaired) electrons. The lowest BCUT2D eigenvalue weighted by Crippen LogP contribution is -2.32. The number of benzene rings is 1. The number of nitrogens with zero attached hydrogens (tertiary/aromatic N) is 4. The van der Waals surface area contributed by atoms with Gasteiger partial charge in [0.2, 0.25) is 5.91 Å². The maximum Gasteiger partial charge on any atom is 0.305 e. The van der Waals surface area contributed by atoms with E-state index in [-0.39, 0.29) is 53.2 Å². The van der Waals surface area contributed by atoms with Gasteiger partial charge in [0.15, 0.2) is 4.99 Å². The molecule has 0 aliphatic rings. The van der Waals surface area contributed by atoms with E-state index in [0.29, 0.717) is 55.8 Å². The topological polar surface area (TPSA) is 159 Å². The molecule has 212 valence electrons. The van der Waals surface area contributed by atoms with Crippen molar-refractivity contribution in [1.82, 2.24) is 0 Å². The SMILES string of the molecule is CCCC(=O)OCCN(CCOC(=O)CCC)c1ccc(N=NC(=S)C(C#N)=C(C)N)c(NC(=O)C(C)C)c1. The van der Waals surface area contributed by atoms with Crippen LogP contribution in [0.4, 0.5) is 17.1 Å². The number of hydrogen-bond donors (Lipinski definition) is 2. The number of allylic oxidation sites excluding steroid dienone is 1. The van der Waals surface area contributed by atoms with E-state index in [1.165, 1.54) is 6.92 Å². The molecule has 0 aromatic heterocycles. The van der Waals surface area contributed by atoms with Gasteiger partial charge in [-0.1, -0.05) is 39.9 Å². The van der Waals surface area contributed by atoms with Crippen LogP contribution in [0, 0.1) is 17.2 Å². The van der Waals surface area contributed by atoms with Gasteiger partial charge in [0, 0.05) is 30.1 Å². The van der Waals surface area contributed by atoms with Crippen LogP contribution in [0.1, 0.15) is 60.3 Å². The molecule has 11 nitrogen and oxygen atoms in total. The van der Waals surface area contributed by atoms with E-state index in [2.05, 4.69) is 15.5 Å². The van der Waals surface area contributed by atoms with Crippen molar-refractivity contribution in [2.24, 2.45) is 21.9 Å². The van der Waals surface area contributed by atoms with Crippen molar-refractivity contribution in [3.05, 3.63) is 29.5 Å². The van der Waals surface area contributed by atoms with Crippen molar-refractivity contribution in [2.75, 3.05) is 36.5 Å². The lowest BCUT2D eigenvalue weighted by Gasteiger charge is -2.25. The van der Waals surface area contributed by atoms with Gasteiger partial charge in [-0.2, -0.15) is 5.26 Å². The molecule has 12 heteroatoms. The Balaban J connectivity index is 3.31. The Kier molecular flexibility index (Phi) is 15.0. The fourth-order valence-corrected chi connectivity index (χ4v) is 3.35. The smallest absolute Gasteiger partial charge is 0.305 e. The standard InChI is InChI=1S/C27H38N6O5S/c1-6-8-24(34)37-14-12-33(13-15-38-25(35)9-7-2)20-10-11-22(23(16-20)30-26(36)18(3)4)31-32-27(39)21(17-28)19(5)29/h10-11,16,18H,6-9,12-15,29H2,1-5H3,(H,30,36). The van der Waals surface area contributed by atoms with Crippen LogP contribution >= 0.6 is 12.2 Å². The van der Waals surface area contributed by atoms with Crippen LogP contribution in [-0.2, 0) is 23.9 Å². The highest BCUT2D eigenvalue weighted by Gasteiger charge is 2.16. The normalized spacial score (nSPS) is 11.5. The molecule has 0 spiro atoms. The van der Waals surface area contributed by atoms with E-state index < -0.39 is 0 Å². The van der Waals surface area contributed by atoms with Crippen molar-refractivity contribution in [3.63, 3.8) is 0 Å². The lowest BCUT2D eigenvalue weighted by atomic mass is 10.1. The molecule has 0 unspecified atom stereocenters. The molecule has 0 aliphatic carbocycles. The van der Waals surface area contributed by atoms with Crippen LogP contribution in [0.25, 0.3) is 0 Å². The summed E-state index contributed by atoms with van der Waals surface area (Å²) in [7, 11) is 0. The van der Waals surface area contributed by atoms with Gasteiger partial charge < -0.3 is 25.4 Å². The average molecular weight is 559 g/mol. The van der Waals surface area contributed by atoms with Crippen LogP contribution in [0.5, 0.6) is 0 Å². The summed E-state index contributed by atoms with van der Waals surface area (Å²) in [6, 6.07) is 7.00. The van der Waals surface area contributed by atoms with Crippen LogP contribution in [0.3, 0.4) is 0 Å². The summed E-state index contributed by atoms with van der Waals surface area (Å²) in [6.07, 6.45) is 2.03. The van der Waals surface area contributed by atoms with Gasteiger partial charge in [-0.15, -0.1) is 10.2 Å². The Morgan fingerprint density at radius 1 is 1.10 bits per heavy atom. The molecule has 0 aliphatic heterocycles. The first-order valence-electron chi connectivity index (χ1n) is 12.9. The summed E-state index contributed by atoms with van der Waals surface area (Å²) in [6.45, 7) is 9.76. The molecular formula is C27H38N6O5S. The van der Waals surface area contributed by atoms with Crippen molar-refractivity contribution in [3.8, 4) is 6.07 Å². The number of ether oxygens (including phenoxy) is 2. The first kappa shape index (κ1) is 33.2. The van der Waals surface area contributed by atoms with Gasteiger partial charge in [-0.3, -0.25) is 14.4 Å². The third kappa shape index (κ3) is 12.0. The molecule has 1 aromatic carbocycles. The molecule has 1 aromatic rings. The van der Waals surface area contributed by atoms with Gasteiger partial charge >= 0.3 is 11.9 Å². The van der Waals surface area contributed by atoms with Gasteiger partial charge in [-0.25, -0.2) is 0 Å². The number of hydrogen-bond acceptors (Lipinski definition) is 10. The molecule has 0 heterocycles. The minimum atomic E-state index is -0.306. The summed E-state index contributed by atoms with van der Waals surface area (Å²) < 4.78 is 10.6. The summed E-state index contributed by atoms with van der Waals surface area (Å²) in [5.41, 5.74) is 7.30. The maximum absolute atomic E-state index is 12.5. The van der Waals surface area contributed by atoms with Crippen LogP contribution in [-0.4, -0.2) is 49.1 Å². The lowest BCUT2D eigenvalue weighted by molar-refractivity contribution is -0.143. The molecule has 0 saturated carbocycles. The minimum Gasteiger partial charge on any atom is -0.464 e. The second kappa shape index (κ2) is 17.6. The average Bonchev–Trinajstić information content (AvgIpc) is 2.87. The highest BCUT2D eigenvalue weighted by Crippen LogP contribution is 2.31. The van der Waals surface area contributed by atoms with Crippen molar-refractivity contribution in [2.45, 2.75) is 60.3 Å². The van der Waals surface area contributed by atoms with Crippen LogP contribution < -0.4 is 16.0 Å². The molecule has 3 N–H and O–H groups in total. The largest absolute Gasteiger partial charge is 0.464 e. The number of anilines is 2. The Morgan fingerprint density at radius 2 is 1.67 bits per heavy atom. The Bertz CT molecular complexity index is 1100. The number of azo groups is 1. The summed E-state index contributed by atoms with van der Waals surface area (Å²) in [4.78, 5) is 38.0. The Hall–Kier alpha value is -3.85. The first-order valence-corrected chi connectivity index (χ1v) is 13.3. The second-order valence-corrected chi connectivity index (χ2v) is 9.34. The van der Waals surface area contributed by atoms with Gasteiger partial charge in [0.25, 0.3) is 0 Å². The molecule has 39 heavy (non-hydrogen) atoms. The highest BCUT2D eigenvalue weighted by molar-refractivity contribution is 7.80. The van der Waals surface area contributed by atoms with Crippen molar-refractivity contribution < 1.29 is 23.9 Å². The molecule has 1 rings (SSSR count). The molecular weight excluding hydrogens is 520 g/mol. The monoisotopic (exact) mass is 558 g/mol. The van der Waals surface area contributed by atoms with Crippen molar-refractivity contribution >= 4 is 52.1 Å². The van der Waals surface area contributed by atoms with Crippen molar-refractivity contribution in [1.29, 1.82) is 5.26 Å². The number of rotatable bonds is 15. The molecule has 1 amide bonds. The predicted molar refractivity (Wildman–Crippen MR) is 153 cm³/mol. The maximum atomic E-state index is 12.5. The fourth-order valence-electron chi connectivity index (χ4n) is 3.10. The number of carbonyl (C=O) groups is 3. The van der Waals surface area contributed by atoms with Gasteiger partial charge in [0.1, 0.15) is 30.5 Å². The molecule has 0 fully saturated rings. The van der Waals surface area contributed by atoms with E-state index in [9.17, 15) is 19.6 Å². The van der Waals surface area contributed by atoms with E-state index in [1.54, 1.807) is 32.0 Å². The van der Waals surface area contributed by atoms with E-state index in [1.807, 2.05) is 24.8 Å². The number of thiocarbonyl (C=S) groups is 1. The van der Waals surface area contributed by atoms with Crippen LogP contribution in [0.15, 0.2) is 39.7 Å². The van der Waals surface area contributed by atoms with E-state index in [0.717, 1.165) is 0 Å². The highest BCUT2D eigenvalue weighted by atomic mass is 32.1. The molecule has 0 bridgehead atoms. The number of nitrogens with two attached hydrogens (primary N) is 1. The zero-order valence-corrected chi connectivity index (χ0v) is 24.1. The number of nitriles is 1. The fraction of sp³-hybridized carbons (Fsp3) is 0.519. The number of nitrogens with one attached hydrogen (secondary N) is 1. The zero-order valence-electron chi connectivity index (χ0n) is 23.3. The Morgan fingerprint density at radius 3 is 2.13 bits per heavy atom. The summed E-state index contributed by atoms with van der Waals surface area (Å²) >= 11 is 5.17. The third-order valence-electron chi connectivity index (χ3n) is 5.25. The minimum absolute atomic E-state index is 0.0413. The summed E-state index contributed by atoms with van der Waals surface area (Å²) in [5, 5.41) is 20.2. The van der Waals surface area contributed by atoms with Gasteiger partial charge in [0.05, 0.1) is 18.8 Å². The zero-order chi connectivity index (χ0) is 29.4. The number of esters is 2. The first-order chi connectivity index (χ1) is 18.5. The number of amides is 1. The molecule has 0 atom stereocenters. The Labute approximate surface area is 235 Å².